The molecule has 0 aliphatic heterocycles. The van der Waals surface area contributed by atoms with Crippen LogP contribution < -0.4 is 0 Å². The first-order valence-electron chi connectivity index (χ1n) is 4.57. The molecule has 0 aliphatic carbocycles. The zero-order chi connectivity index (χ0) is 11.2. The molecule has 5 heteroatoms. The van der Waals surface area contributed by atoms with E-state index in [1.807, 2.05) is 0 Å². The Morgan fingerprint density at radius 2 is 1.50 bits per heavy atom. The van der Waals surface area contributed by atoms with Gasteiger partial charge in [-0.05, 0) is 13.8 Å². The standard InChI is InChI=1S/C9H20O5/c1-4-14-8(2,13-3)9(5-10,6-11)7-12/h10-12H,4-7H2,1-3H3. The summed E-state index contributed by atoms with van der Waals surface area (Å²) >= 11 is 0. The van der Waals surface area contributed by atoms with Crippen molar-refractivity contribution in [3.8, 4) is 0 Å². The minimum atomic E-state index is -1.20. The Kier molecular flexibility index (Phi) is 5.54. The third-order valence-corrected chi connectivity index (χ3v) is 2.68. The lowest BCUT2D eigenvalue weighted by Gasteiger charge is -2.43. The van der Waals surface area contributed by atoms with Crippen molar-refractivity contribution in [3.63, 3.8) is 0 Å². The summed E-state index contributed by atoms with van der Waals surface area (Å²) in [6, 6.07) is 0. The van der Waals surface area contributed by atoms with Crippen LogP contribution in [0.1, 0.15) is 13.8 Å². The predicted octanol–water partition coefficient (Wildman–Crippen LogP) is -0.651. The van der Waals surface area contributed by atoms with Gasteiger partial charge >= 0.3 is 0 Å². The van der Waals surface area contributed by atoms with Crippen LogP contribution in [0.2, 0.25) is 0 Å². The number of hydrogen-bond donors (Lipinski definition) is 3. The van der Waals surface area contributed by atoms with Crippen molar-refractivity contribution < 1.29 is 24.8 Å². The summed E-state index contributed by atoms with van der Waals surface area (Å²) < 4.78 is 10.4. The van der Waals surface area contributed by atoms with Crippen molar-refractivity contribution in [2.24, 2.45) is 5.41 Å². The summed E-state index contributed by atoms with van der Waals surface area (Å²) in [4.78, 5) is 0. The second-order valence-electron chi connectivity index (χ2n) is 3.34. The van der Waals surface area contributed by atoms with Gasteiger partial charge in [-0.1, -0.05) is 0 Å². The number of methoxy groups -OCH3 is 1. The summed E-state index contributed by atoms with van der Waals surface area (Å²) in [7, 11) is 1.41. The second-order valence-corrected chi connectivity index (χ2v) is 3.34. The molecule has 0 spiro atoms. The third kappa shape index (κ3) is 2.24. The van der Waals surface area contributed by atoms with Gasteiger partial charge in [0.05, 0.1) is 25.2 Å². The highest BCUT2D eigenvalue weighted by Crippen LogP contribution is 2.34. The molecule has 3 N–H and O–H groups in total. The van der Waals surface area contributed by atoms with Crippen LogP contribution >= 0.6 is 0 Å². The van der Waals surface area contributed by atoms with E-state index in [-0.39, 0.29) is 0 Å². The summed E-state index contributed by atoms with van der Waals surface area (Å²) in [5, 5.41) is 27.6. The highest BCUT2D eigenvalue weighted by Gasteiger charge is 2.49. The first kappa shape index (κ1) is 13.8. The summed E-state index contributed by atoms with van der Waals surface area (Å²) in [5.74, 6) is -1.19. The van der Waals surface area contributed by atoms with Gasteiger partial charge in [-0.25, -0.2) is 0 Å². The molecule has 14 heavy (non-hydrogen) atoms. The summed E-state index contributed by atoms with van der Waals surface area (Å²) in [6.07, 6.45) is 0. The maximum Gasteiger partial charge on any atom is 0.177 e. The number of ether oxygens (including phenoxy) is 2. The molecule has 0 saturated carbocycles. The Morgan fingerprint density at radius 1 is 1.07 bits per heavy atom. The molecule has 1 atom stereocenters. The number of hydrogen-bond acceptors (Lipinski definition) is 5. The topological polar surface area (TPSA) is 79.2 Å². The van der Waals surface area contributed by atoms with Crippen LogP contribution in [0.5, 0.6) is 0 Å². The Bertz CT molecular complexity index is 149. The van der Waals surface area contributed by atoms with Crippen LogP contribution in [0.15, 0.2) is 0 Å². The molecule has 0 radical (unpaired) electrons. The molecule has 0 saturated heterocycles. The van der Waals surface area contributed by atoms with Gasteiger partial charge in [-0.3, -0.25) is 0 Å². The maximum absolute atomic E-state index is 9.19. The predicted molar refractivity (Wildman–Crippen MR) is 50.7 cm³/mol. The quantitative estimate of drug-likeness (QED) is 0.484. The lowest BCUT2D eigenvalue weighted by Crippen LogP contribution is -2.56. The van der Waals surface area contributed by atoms with Gasteiger partial charge in [-0.2, -0.15) is 0 Å². The minimum Gasteiger partial charge on any atom is -0.395 e. The normalized spacial score (nSPS) is 16.7. The molecule has 0 aromatic carbocycles. The number of rotatable bonds is 7. The molecule has 0 aromatic heterocycles. The van der Waals surface area contributed by atoms with Gasteiger partial charge in [-0.15, -0.1) is 0 Å². The highest BCUT2D eigenvalue weighted by atomic mass is 16.7. The van der Waals surface area contributed by atoms with Gasteiger partial charge in [0, 0.05) is 13.7 Å². The van der Waals surface area contributed by atoms with Gasteiger partial charge in [0.2, 0.25) is 0 Å². The Labute approximate surface area is 84.3 Å². The largest absolute Gasteiger partial charge is 0.395 e. The van der Waals surface area contributed by atoms with E-state index in [1.54, 1.807) is 13.8 Å². The lowest BCUT2D eigenvalue weighted by molar-refractivity contribution is -0.298. The van der Waals surface area contributed by atoms with Crippen molar-refractivity contribution in [1.29, 1.82) is 0 Å². The lowest BCUT2D eigenvalue weighted by atomic mass is 9.82. The van der Waals surface area contributed by atoms with Crippen molar-refractivity contribution in [2.45, 2.75) is 19.6 Å². The van der Waals surface area contributed by atoms with Crippen LogP contribution in [-0.4, -0.2) is 54.6 Å². The van der Waals surface area contributed by atoms with Crippen LogP contribution in [0.4, 0.5) is 0 Å². The fourth-order valence-corrected chi connectivity index (χ4v) is 1.28. The molecular weight excluding hydrogens is 188 g/mol. The second kappa shape index (κ2) is 5.63. The van der Waals surface area contributed by atoms with Gasteiger partial charge in [0.25, 0.3) is 0 Å². The van der Waals surface area contributed by atoms with E-state index in [2.05, 4.69) is 0 Å². The fourth-order valence-electron chi connectivity index (χ4n) is 1.28. The van der Waals surface area contributed by atoms with Crippen LogP contribution in [-0.2, 0) is 9.47 Å². The molecular formula is C9H20O5. The van der Waals surface area contributed by atoms with E-state index in [4.69, 9.17) is 9.47 Å². The van der Waals surface area contributed by atoms with Crippen LogP contribution in [0.3, 0.4) is 0 Å². The van der Waals surface area contributed by atoms with Crippen LogP contribution in [0.25, 0.3) is 0 Å². The molecule has 0 bridgehead atoms. The fraction of sp³-hybridized carbons (Fsp3) is 1.00. The third-order valence-electron chi connectivity index (χ3n) is 2.68. The number of aliphatic hydroxyl groups is 3. The van der Waals surface area contributed by atoms with E-state index in [0.717, 1.165) is 0 Å². The average Bonchev–Trinajstić information content (AvgIpc) is 2.21. The molecule has 0 aromatic rings. The molecule has 0 amide bonds. The minimum absolute atomic E-state index is 0.367. The molecule has 1 unspecified atom stereocenters. The molecule has 0 aliphatic rings. The van der Waals surface area contributed by atoms with E-state index >= 15 is 0 Å². The molecule has 0 heterocycles. The van der Waals surface area contributed by atoms with Crippen LogP contribution in [0, 0.1) is 5.41 Å². The monoisotopic (exact) mass is 208 g/mol. The highest BCUT2D eigenvalue weighted by molar-refractivity contribution is 4.90. The maximum atomic E-state index is 9.19. The zero-order valence-electron chi connectivity index (χ0n) is 8.99. The average molecular weight is 208 g/mol. The van der Waals surface area contributed by atoms with Gasteiger partial charge < -0.3 is 24.8 Å². The smallest absolute Gasteiger partial charge is 0.177 e. The van der Waals surface area contributed by atoms with Crippen molar-refractivity contribution in [2.75, 3.05) is 33.5 Å². The van der Waals surface area contributed by atoms with E-state index < -0.39 is 31.0 Å². The molecule has 0 rings (SSSR count). The first-order chi connectivity index (χ1) is 6.55. The summed E-state index contributed by atoms with van der Waals surface area (Å²) in [5.41, 5.74) is -1.20. The van der Waals surface area contributed by atoms with E-state index in [9.17, 15) is 15.3 Å². The van der Waals surface area contributed by atoms with E-state index in [1.165, 1.54) is 7.11 Å². The summed E-state index contributed by atoms with van der Waals surface area (Å²) in [6.45, 7) is 2.48. The molecule has 86 valence electrons. The molecule has 5 nitrogen and oxygen atoms in total. The van der Waals surface area contributed by atoms with Gasteiger partial charge in [0.1, 0.15) is 0 Å². The SMILES string of the molecule is CCOC(C)(OC)C(CO)(CO)CO. The Balaban J connectivity index is 4.90. The van der Waals surface area contributed by atoms with Gasteiger partial charge in [0.15, 0.2) is 5.79 Å². The number of aliphatic hydroxyl groups excluding tert-OH is 3. The zero-order valence-corrected chi connectivity index (χ0v) is 8.99. The Hall–Kier alpha value is -0.200. The molecule has 0 fully saturated rings. The first-order valence-corrected chi connectivity index (χ1v) is 4.57. The van der Waals surface area contributed by atoms with Crippen molar-refractivity contribution in [1.82, 2.24) is 0 Å². The van der Waals surface area contributed by atoms with Crippen molar-refractivity contribution in [3.05, 3.63) is 0 Å². The van der Waals surface area contributed by atoms with E-state index in [0.29, 0.717) is 6.61 Å². The Morgan fingerprint density at radius 3 is 1.71 bits per heavy atom. The van der Waals surface area contributed by atoms with Crippen molar-refractivity contribution >= 4 is 0 Å².